The van der Waals surface area contributed by atoms with E-state index in [2.05, 4.69) is 16.0 Å². The van der Waals surface area contributed by atoms with Crippen molar-refractivity contribution in [3.63, 3.8) is 0 Å². The summed E-state index contributed by atoms with van der Waals surface area (Å²) >= 11 is 6.01. The molecule has 0 saturated heterocycles. The molecule has 0 fully saturated rings. The predicted molar refractivity (Wildman–Crippen MR) is 127 cm³/mol. The van der Waals surface area contributed by atoms with E-state index in [-0.39, 0.29) is 11.8 Å². The van der Waals surface area contributed by atoms with Crippen LogP contribution in [0.3, 0.4) is 0 Å². The maximum absolute atomic E-state index is 12.6. The third-order valence-electron chi connectivity index (χ3n) is 4.69. The number of carbonyl (C=O) groups is 2. The number of hydrogen-bond acceptors (Lipinski definition) is 5. The SMILES string of the molecule is COc1ccc(NC(=O)c2ccc(NC(C)C(=O)Nc3cc(Cl)ccc3OC)cc2)cc1. The lowest BCUT2D eigenvalue weighted by Crippen LogP contribution is -2.32. The Labute approximate surface area is 191 Å². The number of amides is 2. The summed E-state index contributed by atoms with van der Waals surface area (Å²) in [5, 5.41) is 9.23. The highest BCUT2D eigenvalue weighted by molar-refractivity contribution is 6.31. The van der Waals surface area contributed by atoms with E-state index in [0.29, 0.717) is 39.1 Å². The zero-order valence-electron chi connectivity index (χ0n) is 17.9. The largest absolute Gasteiger partial charge is 0.497 e. The molecule has 0 saturated carbocycles. The fourth-order valence-electron chi connectivity index (χ4n) is 2.93. The van der Waals surface area contributed by atoms with Crippen LogP contribution in [0.2, 0.25) is 5.02 Å². The fourth-order valence-corrected chi connectivity index (χ4v) is 3.10. The van der Waals surface area contributed by atoms with Gasteiger partial charge in [0.05, 0.1) is 19.9 Å². The first-order valence-corrected chi connectivity index (χ1v) is 10.2. The molecule has 0 aliphatic heterocycles. The summed E-state index contributed by atoms with van der Waals surface area (Å²) in [5.41, 5.74) is 2.35. The van der Waals surface area contributed by atoms with Crippen molar-refractivity contribution in [2.45, 2.75) is 13.0 Å². The Kier molecular flexibility index (Phi) is 7.57. The van der Waals surface area contributed by atoms with Crippen LogP contribution in [0.4, 0.5) is 17.1 Å². The molecule has 0 bridgehead atoms. The molecule has 166 valence electrons. The summed E-state index contributed by atoms with van der Waals surface area (Å²) in [4.78, 5) is 25.0. The van der Waals surface area contributed by atoms with E-state index in [1.54, 1.807) is 80.8 Å². The molecule has 0 aromatic heterocycles. The zero-order valence-corrected chi connectivity index (χ0v) is 18.7. The average molecular weight is 454 g/mol. The lowest BCUT2D eigenvalue weighted by Gasteiger charge is -2.17. The van der Waals surface area contributed by atoms with Crippen LogP contribution in [0.25, 0.3) is 0 Å². The topological polar surface area (TPSA) is 88.7 Å². The summed E-state index contributed by atoms with van der Waals surface area (Å²) in [6.07, 6.45) is 0. The predicted octanol–water partition coefficient (Wildman–Crippen LogP) is 5.05. The molecule has 32 heavy (non-hydrogen) atoms. The van der Waals surface area contributed by atoms with Crippen molar-refractivity contribution in [3.05, 3.63) is 77.3 Å². The molecule has 0 radical (unpaired) electrons. The molecule has 0 aliphatic rings. The van der Waals surface area contributed by atoms with Crippen molar-refractivity contribution in [2.24, 2.45) is 0 Å². The number of rotatable bonds is 8. The molecule has 7 nitrogen and oxygen atoms in total. The molecule has 3 aromatic rings. The second-order valence-electron chi connectivity index (χ2n) is 6.96. The van der Waals surface area contributed by atoms with Gasteiger partial charge in [0.2, 0.25) is 5.91 Å². The van der Waals surface area contributed by atoms with E-state index in [9.17, 15) is 9.59 Å². The van der Waals surface area contributed by atoms with Crippen molar-refractivity contribution in [1.29, 1.82) is 0 Å². The van der Waals surface area contributed by atoms with Crippen molar-refractivity contribution in [3.8, 4) is 11.5 Å². The van der Waals surface area contributed by atoms with Crippen LogP contribution in [-0.2, 0) is 4.79 Å². The minimum Gasteiger partial charge on any atom is -0.497 e. The number of benzene rings is 3. The van der Waals surface area contributed by atoms with E-state index in [4.69, 9.17) is 21.1 Å². The molecule has 3 aromatic carbocycles. The molecule has 8 heteroatoms. The Bertz CT molecular complexity index is 1090. The Morgan fingerprint density at radius 1 is 0.844 bits per heavy atom. The van der Waals surface area contributed by atoms with Crippen LogP contribution in [0, 0.1) is 0 Å². The number of anilines is 3. The minimum absolute atomic E-state index is 0.236. The molecular formula is C24H24ClN3O4. The van der Waals surface area contributed by atoms with E-state index < -0.39 is 6.04 Å². The van der Waals surface area contributed by atoms with Crippen LogP contribution in [0.1, 0.15) is 17.3 Å². The van der Waals surface area contributed by atoms with Crippen LogP contribution in [-0.4, -0.2) is 32.1 Å². The van der Waals surface area contributed by atoms with Gasteiger partial charge in [-0.05, 0) is 73.7 Å². The first-order chi connectivity index (χ1) is 15.4. The first kappa shape index (κ1) is 23.0. The second-order valence-corrected chi connectivity index (χ2v) is 7.40. The zero-order chi connectivity index (χ0) is 23.1. The van der Waals surface area contributed by atoms with Gasteiger partial charge in [-0.25, -0.2) is 0 Å². The fraction of sp³-hybridized carbons (Fsp3) is 0.167. The van der Waals surface area contributed by atoms with Crippen molar-refractivity contribution in [1.82, 2.24) is 0 Å². The summed E-state index contributed by atoms with van der Waals surface area (Å²) < 4.78 is 10.4. The summed E-state index contributed by atoms with van der Waals surface area (Å²) in [7, 11) is 3.11. The highest BCUT2D eigenvalue weighted by Crippen LogP contribution is 2.28. The van der Waals surface area contributed by atoms with Gasteiger partial charge in [0, 0.05) is 22.0 Å². The van der Waals surface area contributed by atoms with Crippen LogP contribution in [0.15, 0.2) is 66.7 Å². The molecule has 0 spiro atoms. The van der Waals surface area contributed by atoms with Gasteiger partial charge >= 0.3 is 0 Å². The monoisotopic (exact) mass is 453 g/mol. The molecular weight excluding hydrogens is 430 g/mol. The van der Waals surface area contributed by atoms with Gasteiger partial charge in [-0.2, -0.15) is 0 Å². The minimum atomic E-state index is -0.544. The highest BCUT2D eigenvalue weighted by Gasteiger charge is 2.16. The van der Waals surface area contributed by atoms with Gasteiger partial charge in [-0.1, -0.05) is 11.6 Å². The third kappa shape index (κ3) is 5.92. The molecule has 3 N–H and O–H groups in total. The van der Waals surface area contributed by atoms with Gasteiger partial charge in [-0.15, -0.1) is 0 Å². The van der Waals surface area contributed by atoms with Crippen LogP contribution >= 0.6 is 11.6 Å². The van der Waals surface area contributed by atoms with Gasteiger partial charge in [0.15, 0.2) is 0 Å². The lowest BCUT2D eigenvalue weighted by atomic mass is 10.1. The number of hydrogen-bond donors (Lipinski definition) is 3. The van der Waals surface area contributed by atoms with Crippen molar-refractivity contribution in [2.75, 3.05) is 30.2 Å². The summed E-state index contributed by atoms with van der Waals surface area (Å²) in [6, 6.07) is 18.4. The molecule has 1 unspecified atom stereocenters. The van der Waals surface area contributed by atoms with E-state index in [1.165, 1.54) is 7.11 Å². The normalized spacial score (nSPS) is 11.2. The quantitative estimate of drug-likeness (QED) is 0.444. The molecule has 0 aliphatic carbocycles. The maximum Gasteiger partial charge on any atom is 0.255 e. The molecule has 1 atom stereocenters. The number of carbonyl (C=O) groups excluding carboxylic acids is 2. The third-order valence-corrected chi connectivity index (χ3v) is 4.93. The van der Waals surface area contributed by atoms with Gasteiger partial charge < -0.3 is 25.4 Å². The van der Waals surface area contributed by atoms with Crippen molar-refractivity contribution >= 4 is 40.5 Å². The van der Waals surface area contributed by atoms with E-state index in [1.807, 2.05) is 0 Å². The van der Waals surface area contributed by atoms with Crippen LogP contribution in [0.5, 0.6) is 11.5 Å². The number of methoxy groups -OCH3 is 2. The number of ether oxygens (including phenoxy) is 2. The summed E-state index contributed by atoms with van der Waals surface area (Å²) in [5.74, 6) is 0.736. The Morgan fingerprint density at radius 2 is 1.50 bits per heavy atom. The maximum atomic E-state index is 12.6. The number of nitrogens with one attached hydrogen (secondary N) is 3. The van der Waals surface area contributed by atoms with Crippen LogP contribution < -0.4 is 25.4 Å². The standard InChI is InChI=1S/C24H24ClN3O4/c1-15(23(29)28-21-14-17(25)6-13-22(21)32-3)26-18-7-4-16(5-8-18)24(30)27-19-9-11-20(31-2)12-10-19/h4-15,26H,1-3H3,(H,27,30)(H,28,29). The van der Waals surface area contributed by atoms with Gasteiger partial charge in [0.1, 0.15) is 17.5 Å². The Morgan fingerprint density at radius 3 is 2.12 bits per heavy atom. The molecule has 0 heterocycles. The Hall–Kier alpha value is -3.71. The molecule has 3 rings (SSSR count). The summed E-state index contributed by atoms with van der Waals surface area (Å²) in [6.45, 7) is 1.73. The average Bonchev–Trinajstić information content (AvgIpc) is 2.80. The van der Waals surface area contributed by atoms with E-state index in [0.717, 1.165) is 0 Å². The van der Waals surface area contributed by atoms with Crippen molar-refractivity contribution < 1.29 is 19.1 Å². The van der Waals surface area contributed by atoms with Gasteiger partial charge in [-0.3, -0.25) is 9.59 Å². The second kappa shape index (κ2) is 10.5. The first-order valence-electron chi connectivity index (χ1n) is 9.86. The highest BCUT2D eigenvalue weighted by atomic mass is 35.5. The smallest absolute Gasteiger partial charge is 0.255 e. The number of halogens is 1. The lowest BCUT2D eigenvalue weighted by molar-refractivity contribution is -0.116. The molecule has 2 amide bonds. The Balaban J connectivity index is 1.59. The van der Waals surface area contributed by atoms with E-state index >= 15 is 0 Å². The van der Waals surface area contributed by atoms with Gasteiger partial charge in [0.25, 0.3) is 5.91 Å².